The summed E-state index contributed by atoms with van der Waals surface area (Å²) >= 11 is 0. The van der Waals surface area contributed by atoms with E-state index in [2.05, 4.69) is 22.0 Å². The Labute approximate surface area is 122 Å². The third-order valence-corrected chi connectivity index (χ3v) is 4.86. The van der Waals surface area contributed by atoms with Gasteiger partial charge in [0.25, 0.3) is 0 Å². The molecular weight excluding hydrogens is 262 g/mol. The summed E-state index contributed by atoms with van der Waals surface area (Å²) in [7, 11) is 0. The van der Waals surface area contributed by atoms with Gasteiger partial charge in [0.2, 0.25) is 5.91 Å². The van der Waals surface area contributed by atoms with Crippen LogP contribution >= 0.6 is 12.4 Å². The number of nitrogens with zero attached hydrogens (tertiary/aromatic N) is 2. The van der Waals surface area contributed by atoms with Crippen LogP contribution in [0.5, 0.6) is 0 Å². The van der Waals surface area contributed by atoms with Crippen molar-refractivity contribution < 1.29 is 4.79 Å². The van der Waals surface area contributed by atoms with Crippen molar-refractivity contribution in [2.45, 2.75) is 32.2 Å². The van der Waals surface area contributed by atoms with Crippen LogP contribution in [0.4, 0.5) is 0 Å². The Kier molecular flexibility index (Phi) is 5.09. The van der Waals surface area contributed by atoms with Crippen LogP contribution in [0.15, 0.2) is 0 Å². The van der Waals surface area contributed by atoms with Crippen molar-refractivity contribution >= 4 is 18.3 Å². The SMILES string of the molecule is CC(C(=O)N1CCC(N2CCNCC2)C1)C1CC1.Cl. The van der Waals surface area contributed by atoms with Gasteiger partial charge in [-0.05, 0) is 25.2 Å². The number of halogens is 1. The topological polar surface area (TPSA) is 35.6 Å². The van der Waals surface area contributed by atoms with Crippen molar-refractivity contribution in [2.24, 2.45) is 11.8 Å². The number of likely N-dealkylation sites (tertiary alicyclic amines) is 1. The molecule has 1 saturated carbocycles. The molecule has 3 aliphatic rings. The minimum atomic E-state index is 0. The first-order chi connectivity index (χ1) is 8.75. The maximum Gasteiger partial charge on any atom is 0.225 e. The van der Waals surface area contributed by atoms with Crippen molar-refractivity contribution in [1.82, 2.24) is 15.1 Å². The summed E-state index contributed by atoms with van der Waals surface area (Å²) in [5, 5.41) is 3.39. The largest absolute Gasteiger partial charge is 0.341 e. The molecule has 2 heterocycles. The number of carbonyl (C=O) groups excluding carboxylic acids is 1. The van der Waals surface area contributed by atoms with Crippen LogP contribution in [-0.2, 0) is 4.79 Å². The average molecular weight is 288 g/mol. The standard InChI is InChI=1S/C14H25N3O.ClH/c1-11(12-2-3-12)14(18)17-7-4-13(10-17)16-8-5-15-6-9-16;/h11-13,15H,2-10H2,1H3;1H. The molecule has 3 fully saturated rings. The molecule has 5 heteroatoms. The van der Waals surface area contributed by atoms with Crippen molar-refractivity contribution in [1.29, 1.82) is 0 Å². The summed E-state index contributed by atoms with van der Waals surface area (Å²) in [6, 6.07) is 0.613. The number of hydrogen-bond donors (Lipinski definition) is 1. The lowest BCUT2D eigenvalue weighted by atomic mass is 10.1. The highest BCUT2D eigenvalue weighted by Crippen LogP contribution is 2.37. The molecular formula is C14H26ClN3O. The van der Waals surface area contributed by atoms with Gasteiger partial charge in [0, 0.05) is 51.2 Å². The molecule has 2 aliphatic heterocycles. The zero-order valence-corrected chi connectivity index (χ0v) is 12.6. The molecule has 0 radical (unpaired) electrons. The first-order valence-electron chi connectivity index (χ1n) is 7.49. The van der Waals surface area contributed by atoms with E-state index in [0.717, 1.165) is 39.3 Å². The lowest BCUT2D eigenvalue weighted by Gasteiger charge is -2.32. The van der Waals surface area contributed by atoms with Gasteiger partial charge in [-0.2, -0.15) is 0 Å². The summed E-state index contributed by atoms with van der Waals surface area (Å²) in [5.41, 5.74) is 0. The fourth-order valence-electron chi connectivity index (χ4n) is 3.37. The van der Waals surface area contributed by atoms with E-state index in [4.69, 9.17) is 0 Å². The Morgan fingerprint density at radius 1 is 1.16 bits per heavy atom. The van der Waals surface area contributed by atoms with Crippen LogP contribution in [0.2, 0.25) is 0 Å². The molecule has 0 aromatic heterocycles. The van der Waals surface area contributed by atoms with Crippen molar-refractivity contribution in [2.75, 3.05) is 39.3 Å². The van der Waals surface area contributed by atoms with Crippen LogP contribution in [-0.4, -0.2) is 61.0 Å². The normalized spacial score (nSPS) is 29.9. The zero-order valence-electron chi connectivity index (χ0n) is 11.8. The first-order valence-corrected chi connectivity index (χ1v) is 7.49. The molecule has 110 valence electrons. The van der Waals surface area contributed by atoms with E-state index in [1.54, 1.807) is 0 Å². The minimum absolute atomic E-state index is 0. The van der Waals surface area contributed by atoms with Crippen LogP contribution in [0.3, 0.4) is 0 Å². The molecule has 1 aliphatic carbocycles. The van der Waals surface area contributed by atoms with Gasteiger partial charge in [-0.3, -0.25) is 9.69 Å². The second-order valence-electron chi connectivity index (χ2n) is 6.14. The molecule has 0 aromatic rings. The van der Waals surface area contributed by atoms with E-state index in [1.807, 2.05) is 0 Å². The predicted octanol–water partition coefficient (Wildman–Crippen LogP) is 0.960. The van der Waals surface area contributed by atoms with E-state index in [0.29, 0.717) is 17.9 Å². The maximum atomic E-state index is 12.4. The molecule has 3 rings (SSSR count). The number of rotatable bonds is 3. The van der Waals surface area contributed by atoms with Gasteiger partial charge in [-0.25, -0.2) is 0 Å². The highest BCUT2D eigenvalue weighted by atomic mass is 35.5. The number of piperazine rings is 1. The quantitative estimate of drug-likeness (QED) is 0.840. The monoisotopic (exact) mass is 287 g/mol. The molecule has 1 amide bonds. The van der Waals surface area contributed by atoms with Crippen LogP contribution < -0.4 is 5.32 Å². The molecule has 2 saturated heterocycles. The maximum absolute atomic E-state index is 12.4. The van der Waals surface area contributed by atoms with Gasteiger partial charge in [0.05, 0.1) is 0 Å². The molecule has 19 heavy (non-hydrogen) atoms. The van der Waals surface area contributed by atoms with Gasteiger partial charge >= 0.3 is 0 Å². The summed E-state index contributed by atoms with van der Waals surface area (Å²) in [6.07, 6.45) is 3.70. The van der Waals surface area contributed by atoms with Gasteiger partial charge < -0.3 is 10.2 Å². The van der Waals surface area contributed by atoms with Gasteiger partial charge in [-0.1, -0.05) is 6.92 Å². The van der Waals surface area contributed by atoms with E-state index in [9.17, 15) is 4.79 Å². The predicted molar refractivity (Wildman–Crippen MR) is 78.6 cm³/mol. The Morgan fingerprint density at radius 3 is 2.47 bits per heavy atom. The van der Waals surface area contributed by atoms with Crippen LogP contribution in [0.1, 0.15) is 26.2 Å². The molecule has 1 N–H and O–H groups in total. The first kappa shape index (κ1) is 15.1. The van der Waals surface area contributed by atoms with Gasteiger partial charge in [0.1, 0.15) is 0 Å². The van der Waals surface area contributed by atoms with Crippen molar-refractivity contribution in [3.05, 3.63) is 0 Å². The van der Waals surface area contributed by atoms with Gasteiger partial charge in [0.15, 0.2) is 0 Å². The van der Waals surface area contributed by atoms with Crippen LogP contribution in [0, 0.1) is 11.8 Å². The zero-order chi connectivity index (χ0) is 12.5. The summed E-state index contributed by atoms with van der Waals surface area (Å²) in [4.78, 5) is 17.0. The fourth-order valence-corrected chi connectivity index (χ4v) is 3.37. The molecule has 0 aromatic carbocycles. The summed E-state index contributed by atoms with van der Waals surface area (Å²) < 4.78 is 0. The average Bonchev–Trinajstić information content (AvgIpc) is 3.15. The third-order valence-electron chi connectivity index (χ3n) is 4.86. The Balaban J connectivity index is 0.00000133. The van der Waals surface area contributed by atoms with E-state index >= 15 is 0 Å². The number of amides is 1. The van der Waals surface area contributed by atoms with E-state index < -0.39 is 0 Å². The number of nitrogens with one attached hydrogen (secondary N) is 1. The Bertz CT molecular complexity index is 316. The van der Waals surface area contributed by atoms with E-state index in [-0.39, 0.29) is 18.3 Å². The van der Waals surface area contributed by atoms with Crippen molar-refractivity contribution in [3.8, 4) is 0 Å². The number of carbonyl (C=O) groups is 1. The van der Waals surface area contributed by atoms with E-state index in [1.165, 1.54) is 19.3 Å². The highest BCUT2D eigenvalue weighted by molar-refractivity contribution is 5.85. The fraction of sp³-hybridized carbons (Fsp3) is 0.929. The second kappa shape index (κ2) is 6.42. The highest BCUT2D eigenvalue weighted by Gasteiger charge is 2.38. The molecule has 0 spiro atoms. The number of hydrogen-bond acceptors (Lipinski definition) is 3. The van der Waals surface area contributed by atoms with Crippen molar-refractivity contribution in [3.63, 3.8) is 0 Å². The Morgan fingerprint density at radius 2 is 1.84 bits per heavy atom. The lowest BCUT2D eigenvalue weighted by molar-refractivity contribution is -0.134. The summed E-state index contributed by atoms with van der Waals surface area (Å²) in [6.45, 7) is 8.56. The molecule has 2 unspecified atom stereocenters. The second-order valence-corrected chi connectivity index (χ2v) is 6.14. The Hall–Kier alpha value is -0.320. The van der Waals surface area contributed by atoms with Crippen LogP contribution in [0.25, 0.3) is 0 Å². The summed E-state index contributed by atoms with van der Waals surface area (Å²) in [5.74, 6) is 1.37. The van der Waals surface area contributed by atoms with Gasteiger partial charge in [-0.15, -0.1) is 12.4 Å². The minimum Gasteiger partial charge on any atom is -0.341 e. The molecule has 4 nitrogen and oxygen atoms in total. The smallest absolute Gasteiger partial charge is 0.225 e. The lowest BCUT2D eigenvalue weighted by Crippen LogP contribution is -2.49. The third kappa shape index (κ3) is 3.41. The molecule has 2 atom stereocenters. The molecule has 0 bridgehead atoms.